The summed E-state index contributed by atoms with van der Waals surface area (Å²) in [5.74, 6) is 3.35. The second-order valence-corrected chi connectivity index (χ2v) is 7.47. The van der Waals surface area contributed by atoms with Crippen molar-refractivity contribution in [3.05, 3.63) is 53.1 Å². The molecule has 2 aliphatic rings. The molecule has 27 heavy (non-hydrogen) atoms. The molecule has 4 nitrogen and oxygen atoms in total. The van der Waals surface area contributed by atoms with Crippen LogP contribution in [0.2, 0.25) is 0 Å². The van der Waals surface area contributed by atoms with Crippen LogP contribution in [0, 0.1) is 5.92 Å². The lowest BCUT2D eigenvalue weighted by atomic mass is 9.66. The third-order valence-corrected chi connectivity index (χ3v) is 6.26. The number of benzene rings is 2. The van der Waals surface area contributed by atoms with Crippen molar-refractivity contribution < 1.29 is 19.3 Å². The molecule has 0 amide bonds. The lowest BCUT2D eigenvalue weighted by Gasteiger charge is -2.41. The number of aliphatic hydroxyl groups excluding tert-OH is 1. The van der Waals surface area contributed by atoms with E-state index in [2.05, 4.69) is 12.1 Å². The first kappa shape index (κ1) is 18.2. The summed E-state index contributed by atoms with van der Waals surface area (Å²) >= 11 is 0. The zero-order chi connectivity index (χ0) is 19.0. The average Bonchev–Trinajstić information content (AvgIpc) is 3.18. The van der Waals surface area contributed by atoms with Gasteiger partial charge >= 0.3 is 0 Å². The van der Waals surface area contributed by atoms with E-state index >= 15 is 0 Å². The number of ether oxygens (including phenoxy) is 3. The van der Waals surface area contributed by atoms with E-state index in [-0.39, 0.29) is 5.92 Å². The first-order valence-corrected chi connectivity index (χ1v) is 9.85. The van der Waals surface area contributed by atoms with Gasteiger partial charge in [0.2, 0.25) is 0 Å². The van der Waals surface area contributed by atoms with Crippen LogP contribution in [-0.2, 0) is 0 Å². The van der Waals surface area contributed by atoms with Gasteiger partial charge in [0.05, 0.1) is 26.9 Å². The molecule has 2 aromatic carbocycles. The number of rotatable bonds is 5. The summed E-state index contributed by atoms with van der Waals surface area (Å²) in [6.45, 7) is 2.64. The van der Waals surface area contributed by atoms with E-state index < -0.39 is 6.10 Å². The summed E-state index contributed by atoms with van der Waals surface area (Å²) in [5, 5.41) is 11.5. The minimum atomic E-state index is -0.609. The third-order valence-electron chi connectivity index (χ3n) is 6.26. The van der Waals surface area contributed by atoms with Gasteiger partial charge in [0, 0.05) is 17.0 Å². The molecule has 4 atom stereocenters. The van der Waals surface area contributed by atoms with Gasteiger partial charge in [0.15, 0.2) is 0 Å². The van der Waals surface area contributed by atoms with Gasteiger partial charge in [-0.2, -0.15) is 0 Å². The molecule has 4 rings (SSSR count). The van der Waals surface area contributed by atoms with Crippen molar-refractivity contribution in [2.75, 3.05) is 20.8 Å². The van der Waals surface area contributed by atoms with E-state index in [0.29, 0.717) is 18.4 Å². The monoisotopic (exact) mass is 368 g/mol. The topological polar surface area (TPSA) is 47.9 Å². The lowest BCUT2D eigenvalue weighted by Crippen LogP contribution is -2.30. The molecule has 0 aromatic heterocycles. The van der Waals surface area contributed by atoms with Crippen molar-refractivity contribution in [2.45, 2.75) is 44.1 Å². The van der Waals surface area contributed by atoms with Gasteiger partial charge in [-0.25, -0.2) is 0 Å². The van der Waals surface area contributed by atoms with E-state index in [1.807, 2.05) is 31.2 Å². The molecule has 1 saturated carbocycles. The van der Waals surface area contributed by atoms with E-state index in [0.717, 1.165) is 41.2 Å². The largest absolute Gasteiger partial charge is 0.496 e. The molecule has 2 aromatic rings. The Labute approximate surface area is 161 Å². The maximum atomic E-state index is 11.5. The zero-order valence-electron chi connectivity index (χ0n) is 16.3. The smallest absolute Gasteiger partial charge is 0.125 e. The Morgan fingerprint density at radius 1 is 0.926 bits per heavy atom. The molecule has 0 heterocycles. The molecule has 1 fully saturated rings. The Balaban J connectivity index is 1.82. The van der Waals surface area contributed by atoms with E-state index in [1.165, 1.54) is 12.0 Å². The van der Waals surface area contributed by atoms with Gasteiger partial charge in [-0.05, 0) is 61.4 Å². The first-order chi connectivity index (χ1) is 13.2. The highest BCUT2D eigenvalue weighted by molar-refractivity contribution is 5.55. The van der Waals surface area contributed by atoms with E-state index in [9.17, 15) is 5.11 Å². The molecule has 4 unspecified atom stereocenters. The van der Waals surface area contributed by atoms with Gasteiger partial charge in [0.25, 0.3) is 0 Å². The van der Waals surface area contributed by atoms with Crippen molar-refractivity contribution in [3.8, 4) is 17.2 Å². The van der Waals surface area contributed by atoms with Gasteiger partial charge in [-0.1, -0.05) is 18.6 Å². The number of hydrogen-bond donors (Lipinski definition) is 1. The summed E-state index contributed by atoms with van der Waals surface area (Å²) in [5.41, 5.74) is 3.21. The predicted molar refractivity (Wildman–Crippen MR) is 105 cm³/mol. The predicted octanol–water partition coefficient (Wildman–Crippen LogP) is 4.82. The van der Waals surface area contributed by atoms with Crippen LogP contribution in [0.3, 0.4) is 0 Å². The van der Waals surface area contributed by atoms with Crippen molar-refractivity contribution in [1.82, 2.24) is 0 Å². The number of methoxy groups -OCH3 is 2. The fourth-order valence-electron chi connectivity index (χ4n) is 5.21. The Morgan fingerprint density at radius 2 is 1.59 bits per heavy atom. The maximum Gasteiger partial charge on any atom is 0.125 e. The minimum absolute atomic E-state index is 0.0571. The Morgan fingerprint density at radius 3 is 2.22 bits per heavy atom. The highest BCUT2D eigenvalue weighted by atomic mass is 16.5. The van der Waals surface area contributed by atoms with Crippen LogP contribution in [0.25, 0.3) is 0 Å². The van der Waals surface area contributed by atoms with Crippen molar-refractivity contribution >= 4 is 0 Å². The van der Waals surface area contributed by atoms with Crippen LogP contribution in [0.15, 0.2) is 36.4 Å². The van der Waals surface area contributed by atoms with Gasteiger partial charge in [-0.3, -0.25) is 0 Å². The molecule has 0 spiro atoms. The molecule has 2 aliphatic carbocycles. The standard InChI is InChI=1S/C23H28O4/c1-4-27-15-10-8-14(9-11-15)20-16-6-5-7-17(16)21-18(25-2)12-13-19(26-3)22(21)23(20)24/h8-13,16-17,20,23-24H,4-7H2,1-3H3. The summed E-state index contributed by atoms with van der Waals surface area (Å²) in [6, 6.07) is 12.1. The van der Waals surface area contributed by atoms with Crippen molar-refractivity contribution in [1.29, 1.82) is 0 Å². The SMILES string of the molecule is CCOc1ccc(C2C(O)c3c(OC)ccc(OC)c3C3CCCC32)cc1. The number of fused-ring (bicyclic) bond motifs is 3. The molecular weight excluding hydrogens is 340 g/mol. The Kier molecular flexibility index (Phi) is 5.00. The van der Waals surface area contributed by atoms with Crippen LogP contribution in [0.4, 0.5) is 0 Å². The summed E-state index contributed by atoms with van der Waals surface area (Å²) in [4.78, 5) is 0. The normalized spacial score (nSPS) is 26.2. The molecule has 1 N–H and O–H groups in total. The quantitative estimate of drug-likeness (QED) is 0.822. The Bertz CT molecular complexity index is 799. The Hall–Kier alpha value is -2.20. The van der Waals surface area contributed by atoms with Gasteiger partial charge in [0.1, 0.15) is 17.2 Å². The van der Waals surface area contributed by atoms with Crippen LogP contribution in [0.1, 0.15) is 60.8 Å². The molecule has 144 valence electrons. The van der Waals surface area contributed by atoms with Crippen LogP contribution >= 0.6 is 0 Å². The second-order valence-electron chi connectivity index (χ2n) is 7.47. The number of aliphatic hydroxyl groups is 1. The maximum absolute atomic E-state index is 11.5. The van der Waals surface area contributed by atoms with Gasteiger partial charge < -0.3 is 19.3 Å². The fraction of sp³-hybridized carbons (Fsp3) is 0.478. The second kappa shape index (κ2) is 7.43. The van der Waals surface area contributed by atoms with Crippen LogP contribution < -0.4 is 14.2 Å². The van der Waals surface area contributed by atoms with E-state index in [4.69, 9.17) is 14.2 Å². The molecule has 0 radical (unpaired) electrons. The first-order valence-electron chi connectivity index (χ1n) is 9.85. The summed E-state index contributed by atoms with van der Waals surface area (Å²) in [6.07, 6.45) is 2.82. The molecular formula is C23H28O4. The highest BCUT2D eigenvalue weighted by Gasteiger charge is 2.47. The van der Waals surface area contributed by atoms with Crippen molar-refractivity contribution in [3.63, 3.8) is 0 Å². The lowest BCUT2D eigenvalue weighted by molar-refractivity contribution is 0.0931. The summed E-state index contributed by atoms with van der Waals surface area (Å²) in [7, 11) is 3.37. The highest BCUT2D eigenvalue weighted by Crippen LogP contribution is 2.60. The zero-order valence-corrected chi connectivity index (χ0v) is 16.3. The van der Waals surface area contributed by atoms with Crippen LogP contribution in [-0.4, -0.2) is 25.9 Å². The minimum Gasteiger partial charge on any atom is -0.496 e. The van der Waals surface area contributed by atoms with E-state index in [1.54, 1.807) is 14.2 Å². The molecule has 4 heteroatoms. The third kappa shape index (κ3) is 2.96. The fourth-order valence-corrected chi connectivity index (χ4v) is 5.21. The van der Waals surface area contributed by atoms with Gasteiger partial charge in [-0.15, -0.1) is 0 Å². The molecule has 0 saturated heterocycles. The number of hydrogen-bond acceptors (Lipinski definition) is 4. The molecule has 0 aliphatic heterocycles. The summed E-state index contributed by atoms with van der Waals surface area (Å²) < 4.78 is 16.9. The van der Waals surface area contributed by atoms with Crippen molar-refractivity contribution in [2.24, 2.45) is 5.92 Å². The average molecular weight is 368 g/mol. The molecule has 0 bridgehead atoms. The van der Waals surface area contributed by atoms with Crippen LogP contribution in [0.5, 0.6) is 17.2 Å².